The molecule has 2 aromatic carbocycles. The first-order valence-electron chi connectivity index (χ1n) is 9.35. The van der Waals surface area contributed by atoms with Crippen LogP contribution in [0.1, 0.15) is 47.3 Å². The molecule has 2 aromatic rings. The minimum atomic E-state index is -0.958. The van der Waals surface area contributed by atoms with Crippen LogP contribution in [0.4, 0.5) is 0 Å². The van der Waals surface area contributed by atoms with Crippen LogP contribution in [-0.4, -0.2) is 23.8 Å². The zero-order chi connectivity index (χ0) is 20.1. The molecule has 144 valence electrons. The Morgan fingerprint density at radius 1 is 1.04 bits per heavy atom. The van der Waals surface area contributed by atoms with Crippen molar-refractivity contribution in [2.45, 2.75) is 39.2 Å². The van der Waals surface area contributed by atoms with E-state index in [0.29, 0.717) is 5.56 Å². The lowest BCUT2D eigenvalue weighted by Crippen LogP contribution is -2.31. The zero-order valence-corrected chi connectivity index (χ0v) is 16.0. The first-order valence-corrected chi connectivity index (χ1v) is 9.35. The quantitative estimate of drug-likeness (QED) is 0.475. The highest BCUT2D eigenvalue weighted by atomic mass is 16.5. The molecule has 1 amide bonds. The van der Waals surface area contributed by atoms with E-state index in [1.54, 1.807) is 25.1 Å². The lowest BCUT2D eigenvalue weighted by molar-refractivity contribution is -0.142. The monoisotopic (exact) mass is 377 g/mol. The number of aryl methyl sites for hydroxylation is 2. The Balaban J connectivity index is 1.74. The molecule has 1 aliphatic rings. The van der Waals surface area contributed by atoms with Gasteiger partial charge in [0.15, 0.2) is 6.10 Å². The molecule has 0 saturated heterocycles. The summed E-state index contributed by atoms with van der Waals surface area (Å²) in [7, 11) is 0. The second-order valence-corrected chi connectivity index (χ2v) is 6.90. The van der Waals surface area contributed by atoms with Gasteiger partial charge in [-0.3, -0.25) is 9.59 Å². The molecule has 0 bridgehead atoms. The molecule has 1 atom stereocenters. The molecule has 5 nitrogen and oxygen atoms in total. The van der Waals surface area contributed by atoms with Crippen LogP contribution in [-0.2, 0) is 27.2 Å². The minimum absolute atomic E-state index is 0.00713. The van der Waals surface area contributed by atoms with Crippen molar-refractivity contribution in [1.29, 1.82) is 0 Å². The van der Waals surface area contributed by atoms with Crippen LogP contribution in [0.2, 0.25) is 0 Å². The Bertz CT molecular complexity index is 931. The fraction of sp³-hybridized carbons (Fsp3) is 0.261. The van der Waals surface area contributed by atoms with E-state index in [0.717, 1.165) is 24.8 Å². The number of Topliss-reactive ketones (excluding diaryl/α,β-unsaturated/α-hetero) is 1. The zero-order valence-electron chi connectivity index (χ0n) is 16.0. The number of carbonyl (C=O) groups is 3. The lowest BCUT2D eigenvalue weighted by atomic mass is 10.0. The Hall–Kier alpha value is -3.21. The van der Waals surface area contributed by atoms with Crippen molar-refractivity contribution in [2.75, 3.05) is 0 Å². The lowest BCUT2D eigenvalue weighted by Gasteiger charge is -2.15. The Morgan fingerprint density at radius 2 is 1.75 bits per heavy atom. The summed E-state index contributed by atoms with van der Waals surface area (Å²) in [5, 5.41) is 2.48. The molecule has 5 heteroatoms. The minimum Gasteiger partial charge on any atom is -0.450 e. The number of amides is 1. The number of hydrogen-bond acceptors (Lipinski definition) is 4. The maximum atomic E-state index is 12.7. The molecule has 0 spiro atoms. The second-order valence-electron chi connectivity index (χ2n) is 6.90. The Kier molecular flexibility index (Phi) is 6.04. The van der Waals surface area contributed by atoms with Gasteiger partial charge >= 0.3 is 5.97 Å². The molecule has 0 saturated carbocycles. The molecular formula is C23H23NO4. The SMILES string of the molecule is CC(=O)N/C(=C\c1ccccc1)C(=O)O[C@H](C)C(=O)c1ccc2c(c1)CCC2. The first kappa shape index (κ1) is 19.5. The highest BCUT2D eigenvalue weighted by Gasteiger charge is 2.23. The summed E-state index contributed by atoms with van der Waals surface area (Å²) >= 11 is 0. The topological polar surface area (TPSA) is 72.5 Å². The van der Waals surface area contributed by atoms with Crippen LogP contribution in [0.3, 0.4) is 0 Å². The number of rotatable bonds is 6. The maximum absolute atomic E-state index is 12.7. The van der Waals surface area contributed by atoms with Crippen molar-refractivity contribution in [1.82, 2.24) is 5.32 Å². The summed E-state index contributed by atoms with van der Waals surface area (Å²) in [6.45, 7) is 2.85. The molecule has 0 aromatic heterocycles. The van der Waals surface area contributed by atoms with Gasteiger partial charge in [0, 0.05) is 12.5 Å². The van der Waals surface area contributed by atoms with Crippen LogP contribution in [0.5, 0.6) is 0 Å². The Morgan fingerprint density at radius 3 is 2.46 bits per heavy atom. The molecule has 0 radical (unpaired) electrons. The summed E-state index contributed by atoms with van der Waals surface area (Å²) in [5.41, 5.74) is 3.73. The van der Waals surface area contributed by atoms with Gasteiger partial charge in [0.1, 0.15) is 5.70 Å². The number of ketones is 1. The molecule has 3 rings (SSSR count). The number of esters is 1. The van der Waals surface area contributed by atoms with E-state index in [-0.39, 0.29) is 11.5 Å². The second kappa shape index (κ2) is 8.65. The first-order chi connectivity index (χ1) is 13.4. The van der Waals surface area contributed by atoms with Crippen LogP contribution >= 0.6 is 0 Å². The fourth-order valence-corrected chi connectivity index (χ4v) is 3.29. The third kappa shape index (κ3) is 4.74. The van der Waals surface area contributed by atoms with Gasteiger partial charge in [0.05, 0.1) is 0 Å². The number of ether oxygens (including phenoxy) is 1. The smallest absolute Gasteiger partial charge is 0.355 e. The van der Waals surface area contributed by atoms with E-state index < -0.39 is 18.0 Å². The summed E-state index contributed by atoms with van der Waals surface area (Å²) in [6, 6.07) is 14.7. The van der Waals surface area contributed by atoms with Crippen LogP contribution in [0.15, 0.2) is 54.2 Å². The van der Waals surface area contributed by atoms with Crippen molar-refractivity contribution in [3.05, 3.63) is 76.5 Å². The van der Waals surface area contributed by atoms with Gasteiger partial charge in [-0.05, 0) is 55.0 Å². The van der Waals surface area contributed by atoms with Gasteiger partial charge in [0.2, 0.25) is 11.7 Å². The van der Waals surface area contributed by atoms with Gasteiger partial charge in [-0.1, -0.05) is 42.5 Å². The van der Waals surface area contributed by atoms with Crippen LogP contribution in [0.25, 0.3) is 6.08 Å². The number of fused-ring (bicyclic) bond motifs is 1. The maximum Gasteiger partial charge on any atom is 0.355 e. The van der Waals surface area contributed by atoms with Crippen molar-refractivity contribution < 1.29 is 19.1 Å². The van der Waals surface area contributed by atoms with Gasteiger partial charge in [-0.15, -0.1) is 0 Å². The van der Waals surface area contributed by atoms with Crippen molar-refractivity contribution in [2.24, 2.45) is 0 Å². The summed E-state index contributed by atoms with van der Waals surface area (Å²) in [6.07, 6.45) is 3.67. The average Bonchev–Trinajstić information content (AvgIpc) is 3.15. The summed E-state index contributed by atoms with van der Waals surface area (Å²) in [5.74, 6) is -1.40. The van der Waals surface area contributed by atoms with E-state index in [2.05, 4.69) is 5.32 Å². The van der Waals surface area contributed by atoms with Gasteiger partial charge in [-0.25, -0.2) is 4.79 Å². The van der Waals surface area contributed by atoms with Crippen molar-refractivity contribution in [3.63, 3.8) is 0 Å². The molecule has 28 heavy (non-hydrogen) atoms. The number of nitrogens with one attached hydrogen (secondary N) is 1. The molecule has 1 N–H and O–H groups in total. The molecule has 0 unspecified atom stereocenters. The largest absolute Gasteiger partial charge is 0.450 e. The van der Waals surface area contributed by atoms with Crippen molar-refractivity contribution in [3.8, 4) is 0 Å². The van der Waals surface area contributed by atoms with E-state index in [4.69, 9.17) is 4.74 Å². The normalized spacial score (nSPS) is 14.1. The molecule has 0 heterocycles. The van der Waals surface area contributed by atoms with Gasteiger partial charge in [-0.2, -0.15) is 0 Å². The van der Waals surface area contributed by atoms with Gasteiger partial charge < -0.3 is 10.1 Å². The van der Waals surface area contributed by atoms with E-state index >= 15 is 0 Å². The van der Waals surface area contributed by atoms with E-state index in [1.807, 2.05) is 30.3 Å². The number of benzene rings is 2. The molecular weight excluding hydrogens is 354 g/mol. The third-order valence-electron chi connectivity index (χ3n) is 4.68. The number of carbonyl (C=O) groups excluding carboxylic acids is 3. The summed E-state index contributed by atoms with van der Waals surface area (Å²) in [4.78, 5) is 36.7. The third-order valence-corrected chi connectivity index (χ3v) is 4.68. The summed E-state index contributed by atoms with van der Waals surface area (Å²) < 4.78 is 5.35. The van der Waals surface area contributed by atoms with Crippen molar-refractivity contribution >= 4 is 23.7 Å². The van der Waals surface area contributed by atoms with E-state index in [9.17, 15) is 14.4 Å². The average molecular weight is 377 g/mol. The Labute approximate surface area is 164 Å². The predicted molar refractivity (Wildman–Crippen MR) is 107 cm³/mol. The van der Waals surface area contributed by atoms with Gasteiger partial charge in [0.25, 0.3) is 0 Å². The van der Waals surface area contributed by atoms with Crippen LogP contribution < -0.4 is 5.32 Å². The molecule has 0 aliphatic heterocycles. The molecule has 1 aliphatic carbocycles. The highest BCUT2D eigenvalue weighted by molar-refractivity contribution is 6.03. The van der Waals surface area contributed by atoms with E-state index in [1.165, 1.54) is 24.1 Å². The molecule has 0 fully saturated rings. The highest BCUT2D eigenvalue weighted by Crippen LogP contribution is 2.23. The number of hydrogen-bond donors (Lipinski definition) is 1. The standard InChI is InChI=1S/C23H23NO4/c1-15(22(26)20-12-11-18-9-6-10-19(18)14-20)28-23(27)21(24-16(2)25)13-17-7-4-3-5-8-17/h3-5,7-8,11-15H,6,9-10H2,1-2H3,(H,24,25)/b21-13-/t15-/m1/s1. The fourth-order valence-electron chi connectivity index (χ4n) is 3.29. The van der Waals surface area contributed by atoms with Crippen LogP contribution in [0, 0.1) is 0 Å². The predicted octanol–water partition coefficient (Wildman–Crippen LogP) is 3.47.